The lowest BCUT2D eigenvalue weighted by atomic mass is 9.98. The van der Waals surface area contributed by atoms with Gasteiger partial charge in [-0.2, -0.15) is 13.2 Å². The second-order valence-electron chi connectivity index (χ2n) is 4.45. The first kappa shape index (κ1) is 14.5. The molecule has 0 aliphatic rings. The van der Waals surface area contributed by atoms with Crippen molar-refractivity contribution in [1.82, 2.24) is 4.98 Å². The molecule has 1 unspecified atom stereocenters. The van der Waals surface area contributed by atoms with Crippen LogP contribution in [0.15, 0.2) is 36.5 Å². The van der Waals surface area contributed by atoms with Crippen LogP contribution in [0.1, 0.15) is 28.4 Å². The summed E-state index contributed by atoms with van der Waals surface area (Å²) in [5.74, 6) is -1.31. The van der Waals surface area contributed by atoms with E-state index in [1.165, 1.54) is 12.3 Å². The maximum atomic E-state index is 13.2. The third kappa shape index (κ3) is 2.96. The molecule has 2 nitrogen and oxygen atoms in total. The van der Waals surface area contributed by atoms with Crippen LogP contribution in [0.2, 0.25) is 0 Å². The number of alkyl halides is 3. The number of nitrogens with two attached hydrogens (primary N) is 1. The fourth-order valence-electron chi connectivity index (χ4n) is 1.91. The summed E-state index contributed by atoms with van der Waals surface area (Å²) in [6.07, 6.45) is -3.22. The Morgan fingerprint density at radius 1 is 1.10 bits per heavy atom. The van der Waals surface area contributed by atoms with E-state index >= 15 is 0 Å². The van der Waals surface area contributed by atoms with Crippen LogP contribution in [0, 0.1) is 12.7 Å². The van der Waals surface area contributed by atoms with E-state index in [4.69, 9.17) is 5.73 Å². The molecule has 0 aliphatic carbocycles. The average molecular weight is 284 g/mol. The molecule has 2 aromatic rings. The SMILES string of the molecule is Cc1cc(C(N)c2ccc(F)c(C(F)(F)F)c2)ccn1. The van der Waals surface area contributed by atoms with Gasteiger partial charge in [0.25, 0.3) is 0 Å². The molecule has 2 N–H and O–H groups in total. The summed E-state index contributed by atoms with van der Waals surface area (Å²) in [4.78, 5) is 3.99. The maximum absolute atomic E-state index is 13.2. The normalized spacial score (nSPS) is 13.3. The molecule has 1 aromatic heterocycles. The van der Waals surface area contributed by atoms with Crippen molar-refractivity contribution in [3.05, 3.63) is 64.7 Å². The molecule has 0 aliphatic heterocycles. The Bertz CT molecular complexity index is 623. The topological polar surface area (TPSA) is 38.9 Å². The quantitative estimate of drug-likeness (QED) is 0.856. The zero-order valence-electron chi connectivity index (χ0n) is 10.6. The molecule has 2 rings (SSSR count). The van der Waals surface area contributed by atoms with E-state index in [0.29, 0.717) is 11.3 Å². The van der Waals surface area contributed by atoms with Crippen LogP contribution in [0.5, 0.6) is 0 Å². The predicted molar refractivity (Wildman–Crippen MR) is 66.4 cm³/mol. The van der Waals surface area contributed by atoms with Crippen LogP contribution in [0.3, 0.4) is 0 Å². The Balaban J connectivity index is 2.43. The average Bonchev–Trinajstić information content (AvgIpc) is 2.37. The molecule has 6 heteroatoms. The zero-order valence-corrected chi connectivity index (χ0v) is 10.6. The number of benzene rings is 1. The summed E-state index contributed by atoms with van der Waals surface area (Å²) < 4.78 is 51.2. The van der Waals surface area contributed by atoms with Crippen molar-refractivity contribution >= 4 is 0 Å². The molecule has 1 aromatic carbocycles. The summed E-state index contributed by atoms with van der Waals surface area (Å²) >= 11 is 0. The van der Waals surface area contributed by atoms with E-state index < -0.39 is 23.6 Å². The van der Waals surface area contributed by atoms with Crippen molar-refractivity contribution in [2.45, 2.75) is 19.1 Å². The maximum Gasteiger partial charge on any atom is 0.419 e. The minimum atomic E-state index is -4.74. The van der Waals surface area contributed by atoms with Crippen molar-refractivity contribution in [2.24, 2.45) is 5.73 Å². The molecular formula is C14H12F4N2. The van der Waals surface area contributed by atoms with Crippen LogP contribution in [0.25, 0.3) is 0 Å². The third-order valence-electron chi connectivity index (χ3n) is 2.93. The highest BCUT2D eigenvalue weighted by Crippen LogP contribution is 2.33. The highest BCUT2D eigenvalue weighted by atomic mass is 19.4. The van der Waals surface area contributed by atoms with Crippen molar-refractivity contribution < 1.29 is 17.6 Å². The summed E-state index contributed by atoms with van der Waals surface area (Å²) in [6, 6.07) is 5.32. The summed E-state index contributed by atoms with van der Waals surface area (Å²) in [6.45, 7) is 1.75. The lowest BCUT2D eigenvalue weighted by molar-refractivity contribution is -0.140. The van der Waals surface area contributed by atoms with Gasteiger partial charge in [-0.05, 0) is 42.3 Å². The molecule has 0 radical (unpaired) electrons. The van der Waals surface area contributed by atoms with Gasteiger partial charge in [0, 0.05) is 11.9 Å². The van der Waals surface area contributed by atoms with Crippen molar-refractivity contribution in [1.29, 1.82) is 0 Å². The Morgan fingerprint density at radius 3 is 2.35 bits per heavy atom. The lowest BCUT2D eigenvalue weighted by Gasteiger charge is -2.15. The van der Waals surface area contributed by atoms with Crippen LogP contribution in [0.4, 0.5) is 17.6 Å². The number of halogens is 4. The first-order valence-electron chi connectivity index (χ1n) is 5.84. The second kappa shape index (κ2) is 5.20. The number of rotatable bonds is 2. The second-order valence-corrected chi connectivity index (χ2v) is 4.45. The lowest BCUT2D eigenvalue weighted by Crippen LogP contribution is -2.15. The van der Waals surface area contributed by atoms with Gasteiger partial charge in [0.05, 0.1) is 11.6 Å². The molecule has 1 heterocycles. The van der Waals surface area contributed by atoms with Gasteiger partial charge < -0.3 is 5.73 Å². The molecular weight excluding hydrogens is 272 g/mol. The van der Waals surface area contributed by atoms with Crippen LogP contribution in [-0.4, -0.2) is 4.98 Å². The standard InChI is InChI=1S/C14H12F4N2/c1-8-6-10(4-5-20-8)13(19)9-2-3-12(15)11(7-9)14(16,17)18/h2-7,13H,19H2,1H3. The molecule has 0 bridgehead atoms. The summed E-state index contributed by atoms with van der Waals surface area (Å²) in [5, 5.41) is 0. The summed E-state index contributed by atoms with van der Waals surface area (Å²) in [7, 11) is 0. The summed E-state index contributed by atoms with van der Waals surface area (Å²) in [5.41, 5.74) is 6.15. The smallest absolute Gasteiger partial charge is 0.320 e. The number of aromatic nitrogens is 1. The first-order valence-corrected chi connectivity index (χ1v) is 5.84. The van der Waals surface area contributed by atoms with Gasteiger partial charge in [0.1, 0.15) is 5.82 Å². The van der Waals surface area contributed by atoms with Gasteiger partial charge in [-0.1, -0.05) is 6.07 Å². The van der Waals surface area contributed by atoms with E-state index in [0.717, 1.165) is 12.1 Å². The predicted octanol–water partition coefficient (Wildman–Crippen LogP) is 3.60. The van der Waals surface area contributed by atoms with Crippen molar-refractivity contribution in [3.63, 3.8) is 0 Å². The molecule has 0 amide bonds. The number of hydrogen-bond acceptors (Lipinski definition) is 2. The first-order chi connectivity index (χ1) is 9.29. The Morgan fingerprint density at radius 2 is 1.75 bits per heavy atom. The molecule has 106 valence electrons. The molecule has 0 saturated heterocycles. The zero-order chi connectivity index (χ0) is 14.9. The van der Waals surface area contributed by atoms with E-state index in [2.05, 4.69) is 4.98 Å². The van der Waals surface area contributed by atoms with E-state index in [9.17, 15) is 17.6 Å². The minimum absolute atomic E-state index is 0.198. The highest BCUT2D eigenvalue weighted by Gasteiger charge is 2.34. The number of nitrogens with zero attached hydrogens (tertiary/aromatic N) is 1. The number of pyridine rings is 1. The molecule has 1 atom stereocenters. The van der Waals surface area contributed by atoms with Crippen LogP contribution < -0.4 is 5.73 Å². The molecule has 0 fully saturated rings. The fourth-order valence-corrected chi connectivity index (χ4v) is 1.91. The number of aryl methyl sites for hydroxylation is 1. The van der Waals surface area contributed by atoms with Gasteiger partial charge in [-0.25, -0.2) is 4.39 Å². The monoisotopic (exact) mass is 284 g/mol. The van der Waals surface area contributed by atoms with Gasteiger partial charge in [0.15, 0.2) is 0 Å². The Kier molecular flexibility index (Phi) is 3.76. The van der Waals surface area contributed by atoms with E-state index in [1.807, 2.05) is 0 Å². The van der Waals surface area contributed by atoms with Crippen molar-refractivity contribution in [2.75, 3.05) is 0 Å². The fraction of sp³-hybridized carbons (Fsp3) is 0.214. The van der Waals surface area contributed by atoms with E-state index in [-0.39, 0.29) is 5.56 Å². The van der Waals surface area contributed by atoms with Gasteiger partial charge in [-0.15, -0.1) is 0 Å². The molecule has 0 spiro atoms. The van der Waals surface area contributed by atoms with Gasteiger partial charge >= 0.3 is 6.18 Å². The third-order valence-corrected chi connectivity index (χ3v) is 2.93. The number of hydrogen-bond donors (Lipinski definition) is 1. The Labute approximate surface area is 113 Å². The largest absolute Gasteiger partial charge is 0.419 e. The molecule has 0 saturated carbocycles. The van der Waals surface area contributed by atoms with E-state index in [1.54, 1.807) is 19.1 Å². The van der Waals surface area contributed by atoms with Gasteiger partial charge in [-0.3, -0.25) is 4.98 Å². The minimum Gasteiger partial charge on any atom is -0.320 e. The molecule has 20 heavy (non-hydrogen) atoms. The highest BCUT2D eigenvalue weighted by molar-refractivity contribution is 5.35. The van der Waals surface area contributed by atoms with Gasteiger partial charge in [0.2, 0.25) is 0 Å². The van der Waals surface area contributed by atoms with Crippen LogP contribution in [-0.2, 0) is 6.18 Å². The Hall–Kier alpha value is -1.95. The van der Waals surface area contributed by atoms with Crippen LogP contribution >= 0.6 is 0 Å². The van der Waals surface area contributed by atoms with Crippen molar-refractivity contribution in [3.8, 4) is 0 Å².